The van der Waals surface area contributed by atoms with Gasteiger partial charge < -0.3 is 15.8 Å². The second kappa shape index (κ2) is 4.75. The van der Waals surface area contributed by atoms with E-state index in [1.165, 1.54) is 6.07 Å². The highest BCUT2D eigenvalue weighted by Gasteiger charge is 2.50. The van der Waals surface area contributed by atoms with Crippen molar-refractivity contribution in [1.82, 2.24) is 4.98 Å². The number of nitrogens with one attached hydrogen (secondary N) is 1. The van der Waals surface area contributed by atoms with Crippen LogP contribution < -0.4 is 11.1 Å². The summed E-state index contributed by atoms with van der Waals surface area (Å²) in [5.41, 5.74) is 6.10. The number of hydrogen-bond donors (Lipinski definition) is 2. The summed E-state index contributed by atoms with van der Waals surface area (Å²) < 4.78 is 20.0. The molecule has 0 bridgehead atoms. The van der Waals surface area contributed by atoms with Gasteiger partial charge in [-0.15, -0.1) is 0 Å². The molecule has 0 aromatic carbocycles. The normalized spacial score (nSPS) is 34.6. The molecule has 4 nitrogen and oxygen atoms in total. The lowest BCUT2D eigenvalue weighted by Gasteiger charge is -2.52. The molecule has 98 valence electrons. The molecule has 3 rings (SSSR count). The van der Waals surface area contributed by atoms with Gasteiger partial charge in [0.15, 0.2) is 11.6 Å². The van der Waals surface area contributed by atoms with Crippen LogP contribution in [-0.4, -0.2) is 29.8 Å². The molecule has 0 amide bonds. The lowest BCUT2D eigenvalue weighted by Crippen LogP contribution is -2.69. The number of halogens is 2. The van der Waals surface area contributed by atoms with Crippen molar-refractivity contribution in [3.8, 4) is 0 Å². The molecule has 3 N–H and O–H groups in total. The summed E-state index contributed by atoms with van der Waals surface area (Å²) in [4.78, 5) is 4.03. The van der Waals surface area contributed by atoms with Crippen LogP contribution in [0.1, 0.15) is 12.8 Å². The van der Waals surface area contributed by atoms with Gasteiger partial charge >= 0.3 is 0 Å². The minimum atomic E-state index is -0.379. The van der Waals surface area contributed by atoms with E-state index in [0.717, 1.165) is 19.4 Å². The Labute approximate surface area is 113 Å². The van der Waals surface area contributed by atoms with Crippen molar-refractivity contribution in [2.75, 3.05) is 11.9 Å². The number of anilines is 1. The number of hydrogen-bond acceptors (Lipinski definition) is 4. The van der Waals surface area contributed by atoms with Gasteiger partial charge in [0.2, 0.25) is 0 Å². The Morgan fingerprint density at radius 3 is 3.17 bits per heavy atom. The number of pyridine rings is 1. The number of ether oxygens (including phenoxy) is 1. The van der Waals surface area contributed by atoms with Gasteiger partial charge in [0, 0.05) is 29.2 Å². The van der Waals surface area contributed by atoms with E-state index in [9.17, 15) is 4.39 Å². The van der Waals surface area contributed by atoms with Gasteiger partial charge in [0.05, 0.1) is 12.1 Å². The van der Waals surface area contributed by atoms with Crippen LogP contribution in [-0.2, 0) is 4.74 Å². The van der Waals surface area contributed by atoms with Gasteiger partial charge in [-0.25, -0.2) is 9.37 Å². The van der Waals surface area contributed by atoms with E-state index in [1.54, 1.807) is 6.20 Å². The first-order valence-corrected chi connectivity index (χ1v) is 6.91. The van der Waals surface area contributed by atoms with E-state index in [2.05, 4.69) is 26.2 Å². The summed E-state index contributed by atoms with van der Waals surface area (Å²) in [5.74, 6) is 0.261. The third kappa shape index (κ3) is 2.02. The van der Waals surface area contributed by atoms with Gasteiger partial charge in [-0.2, -0.15) is 0 Å². The lowest BCUT2D eigenvalue weighted by atomic mass is 9.68. The summed E-state index contributed by atoms with van der Waals surface area (Å²) >= 11 is 3.18. The molecule has 1 saturated carbocycles. The molecule has 1 aromatic rings. The summed E-state index contributed by atoms with van der Waals surface area (Å²) in [6.45, 7) is 0.766. The van der Waals surface area contributed by atoms with E-state index < -0.39 is 0 Å². The van der Waals surface area contributed by atoms with Crippen molar-refractivity contribution in [2.24, 2.45) is 11.7 Å². The summed E-state index contributed by atoms with van der Waals surface area (Å²) in [5, 5.41) is 3.07. The molecule has 4 unspecified atom stereocenters. The predicted molar refractivity (Wildman–Crippen MR) is 69.7 cm³/mol. The molecule has 18 heavy (non-hydrogen) atoms. The van der Waals surface area contributed by atoms with Gasteiger partial charge in [-0.1, -0.05) is 0 Å². The van der Waals surface area contributed by atoms with E-state index in [4.69, 9.17) is 10.5 Å². The molecule has 0 spiro atoms. The number of fused-ring (bicyclic) bond motifs is 1. The van der Waals surface area contributed by atoms with Crippen LogP contribution in [0, 0.1) is 11.7 Å². The molecule has 1 saturated heterocycles. The predicted octanol–water partition coefficient (Wildman–Crippen LogP) is 1.90. The minimum absolute atomic E-state index is 0.0140. The third-order valence-corrected chi connectivity index (χ3v) is 4.22. The van der Waals surface area contributed by atoms with Crippen molar-refractivity contribution in [1.29, 1.82) is 0 Å². The highest BCUT2D eigenvalue weighted by molar-refractivity contribution is 9.10. The average Bonchev–Trinajstić information content (AvgIpc) is 2.37. The van der Waals surface area contributed by atoms with Crippen LogP contribution in [0.5, 0.6) is 0 Å². The molecule has 2 aliphatic rings. The topological polar surface area (TPSA) is 60.2 Å². The maximum absolute atomic E-state index is 13.7. The number of nitrogens with zero attached hydrogens (tertiary/aromatic N) is 1. The first-order chi connectivity index (χ1) is 8.66. The van der Waals surface area contributed by atoms with E-state index in [-0.39, 0.29) is 29.8 Å². The second-order valence-electron chi connectivity index (χ2n) is 4.87. The van der Waals surface area contributed by atoms with E-state index in [1.807, 2.05) is 0 Å². The Bertz CT molecular complexity index is 459. The minimum Gasteiger partial charge on any atom is -0.376 e. The molecule has 2 fully saturated rings. The van der Waals surface area contributed by atoms with Crippen molar-refractivity contribution in [2.45, 2.75) is 31.0 Å². The smallest absolute Gasteiger partial charge is 0.166 e. The summed E-state index contributed by atoms with van der Waals surface area (Å²) in [6.07, 6.45) is 3.82. The third-order valence-electron chi connectivity index (χ3n) is 3.79. The van der Waals surface area contributed by atoms with Gasteiger partial charge in [-0.3, -0.25) is 0 Å². The van der Waals surface area contributed by atoms with Crippen molar-refractivity contribution in [3.63, 3.8) is 0 Å². The molecule has 6 heteroatoms. The quantitative estimate of drug-likeness (QED) is 0.875. The number of aromatic nitrogens is 1. The Balaban J connectivity index is 1.73. The van der Waals surface area contributed by atoms with Crippen molar-refractivity contribution in [3.05, 3.63) is 22.6 Å². The Kier molecular flexibility index (Phi) is 3.25. The molecular formula is C12H15BrFN3O. The van der Waals surface area contributed by atoms with Crippen molar-refractivity contribution < 1.29 is 9.13 Å². The zero-order valence-corrected chi connectivity index (χ0v) is 11.4. The Hall–Kier alpha value is -0.720. The van der Waals surface area contributed by atoms with Crippen LogP contribution in [0.3, 0.4) is 0 Å². The zero-order valence-electron chi connectivity index (χ0n) is 9.77. The van der Waals surface area contributed by atoms with Crippen molar-refractivity contribution >= 4 is 21.7 Å². The SMILES string of the molecule is NC1C2CCCOC2C1Nc1ncc(Br)cc1F. The van der Waals surface area contributed by atoms with Gasteiger partial charge in [0.1, 0.15) is 0 Å². The number of nitrogens with two attached hydrogens (primary N) is 1. The Morgan fingerprint density at radius 2 is 2.39 bits per heavy atom. The molecule has 4 atom stereocenters. The maximum atomic E-state index is 13.7. The highest BCUT2D eigenvalue weighted by Crippen LogP contribution is 2.38. The molecule has 1 aliphatic heterocycles. The molecule has 2 heterocycles. The molecular weight excluding hydrogens is 301 g/mol. The second-order valence-corrected chi connectivity index (χ2v) is 5.79. The molecule has 1 aliphatic carbocycles. The van der Waals surface area contributed by atoms with Gasteiger partial charge in [-0.05, 0) is 34.8 Å². The first-order valence-electron chi connectivity index (χ1n) is 6.11. The fourth-order valence-corrected chi connectivity index (χ4v) is 3.11. The average molecular weight is 316 g/mol. The first kappa shape index (κ1) is 12.3. The molecule has 1 aromatic heterocycles. The summed E-state index contributed by atoms with van der Waals surface area (Å²) in [7, 11) is 0. The van der Waals surface area contributed by atoms with Crippen LogP contribution in [0.2, 0.25) is 0 Å². The lowest BCUT2D eigenvalue weighted by molar-refractivity contribution is -0.104. The highest BCUT2D eigenvalue weighted by atomic mass is 79.9. The summed E-state index contributed by atoms with van der Waals surface area (Å²) in [6, 6.07) is 1.36. The maximum Gasteiger partial charge on any atom is 0.166 e. The molecule has 0 radical (unpaired) electrons. The fourth-order valence-electron chi connectivity index (χ4n) is 2.80. The zero-order chi connectivity index (χ0) is 12.7. The van der Waals surface area contributed by atoms with E-state index in [0.29, 0.717) is 10.4 Å². The standard InChI is InChI=1S/C12H15BrFN3O/c13-6-4-8(14)12(16-5-6)17-10-9(15)7-2-1-3-18-11(7)10/h4-5,7,9-11H,1-3,15H2,(H,16,17). The number of rotatable bonds is 2. The van der Waals surface area contributed by atoms with Crippen LogP contribution in [0.4, 0.5) is 10.2 Å². The van der Waals surface area contributed by atoms with Gasteiger partial charge in [0.25, 0.3) is 0 Å². The fraction of sp³-hybridized carbons (Fsp3) is 0.583. The largest absolute Gasteiger partial charge is 0.376 e. The van der Waals surface area contributed by atoms with E-state index >= 15 is 0 Å². The van der Waals surface area contributed by atoms with Crippen LogP contribution >= 0.6 is 15.9 Å². The van der Waals surface area contributed by atoms with Crippen LogP contribution in [0.15, 0.2) is 16.7 Å². The monoisotopic (exact) mass is 315 g/mol. The van der Waals surface area contributed by atoms with Crippen LogP contribution in [0.25, 0.3) is 0 Å². The Morgan fingerprint density at radius 1 is 1.56 bits per heavy atom.